The summed E-state index contributed by atoms with van der Waals surface area (Å²) in [7, 11) is 0. The molecule has 0 saturated heterocycles. The third-order valence-corrected chi connectivity index (χ3v) is 2.98. The number of nitrogens with zero attached hydrogens (tertiary/aromatic N) is 1. The van der Waals surface area contributed by atoms with Gasteiger partial charge in [-0.3, -0.25) is 4.98 Å². The van der Waals surface area contributed by atoms with Gasteiger partial charge in [-0.1, -0.05) is 18.2 Å². The summed E-state index contributed by atoms with van der Waals surface area (Å²) in [6.07, 6.45) is 4.92. The lowest BCUT2D eigenvalue weighted by Gasteiger charge is -2.02. The lowest BCUT2D eigenvalue weighted by atomic mass is 10.0. The molecule has 1 aromatic heterocycles. The van der Waals surface area contributed by atoms with Gasteiger partial charge in [-0.2, -0.15) is 0 Å². The van der Waals surface area contributed by atoms with Crippen molar-refractivity contribution in [3.05, 3.63) is 53.3 Å². The summed E-state index contributed by atoms with van der Waals surface area (Å²) >= 11 is 0. The molecule has 0 fully saturated rings. The van der Waals surface area contributed by atoms with Crippen LogP contribution in [0.1, 0.15) is 16.7 Å². The second-order valence-electron chi connectivity index (χ2n) is 3.81. The third-order valence-electron chi connectivity index (χ3n) is 2.98. The zero-order valence-corrected chi connectivity index (χ0v) is 8.12. The Morgan fingerprint density at radius 1 is 1.14 bits per heavy atom. The highest BCUT2D eigenvalue weighted by atomic mass is 14.6. The van der Waals surface area contributed by atoms with Gasteiger partial charge in [-0.05, 0) is 41.7 Å². The van der Waals surface area contributed by atoms with Crippen LogP contribution in [0.2, 0.25) is 0 Å². The summed E-state index contributed by atoms with van der Waals surface area (Å²) in [5, 5.41) is 0. The van der Waals surface area contributed by atoms with Gasteiger partial charge in [0.1, 0.15) is 0 Å². The van der Waals surface area contributed by atoms with E-state index in [9.17, 15) is 0 Å². The van der Waals surface area contributed by atoms with E-state index in [1.165, 1.54) is 27.8 Å². The summed E-state index contributed by atoms with van der Waals surface area (Å²) in [5.41, 5.74) is 6.94. The van der Waals surface area contributed by atoms with Crippen molar-refractivity contribution in [2.45, 2.75) is 13.3 Å². The third kappa shape index (κ3) is 0.925. The molecule has 1 heteroatoms. The summed E-state index contributed by atoms with van der Waals surface area (Å²) < 4.78 is 0. The zero-order chi connectivity index (χ0) is 9.54. The van der Waals surface area contributed by atoms with Gasteiger partial charge in [0.15, 0.2) is 0 Å². The Morgan fingerprint density at radius 2 is 2.07 bits per heavy atom. The molecule has 0 spiro atoms. The van der Waals surface area contributed by atoms with Crippen molar-refractivity contribution in [3.63, 3.8) is 0 Å². The van der Waals surface area contributed by atoms with Crippen molar-refractivity contribution in [1.29, 1.82) is 0 Å². The van der Waals surface area contributed by atoms with Crippen LogP contribution in [-0.4, -0.2) is 4.98 Å². The standard InChI is InChI=1S/C13H11N/c1-9-3-2-4-11-12(9)7-10-5-6-14-8-13(10)11/h2-6,8H,7H2,1H3. The Morgan fingerprint density at radius 3 is 3.00 bits per heavy atom. The number of aromatic nitrogens is 1. The molecule has 1 aromatic carbocycles. The maximum Gasteiger partial charge on any atom is 0.0349 e. The number of hydrogen-bond donors (Lipinski definition) is 0. The number of benzene rings is 1. The van der Waals surface area contributed by atoms with Crippen molar-refractivity contribution in [3.8, 4) is 11.1 Å². The van der Waals surface area contributed by atoms with Crippen LogP contribution in [0.3, 0.4) is 0 Å². The first-order chi connectivity index (χ1) is 6.86. The summed E-state index contributed by atoms with van der Waals surface area (Å²) in [6, 6.07) is 8.61. The van der Waals surface area contributed by atoms with Crippen LogP contribution in [0.4, 0.5) is 0 Å². The second-order valence-corrected chi connectivity index (χ2v) is 3.81. The van der Waals surface area contributed by atoms with Crippen LogP contribution >= 0.6 is 0 Å². The predicted octanol–water partition coefficient (Wildman–Crippen LogP) is 2.96. The first-order valence-electron chi connectivity index (χ1n) is 4.88. The number of aryl methyl sites for hydroxylation is 1. The fourth-order valence-electron chi connectivity index (χ4n) is 2.20. The topological polar surface area (TPSA) is 12.9 Å². The highest BCUT2D eigenvalue weighted by molar-refractivity contribution is 5.76. The van der Waals surface area contributed by atoms with E-state index in [2.05, 4.69) is 36.2 Å². The van der Waals surface area contributed by atoms with Gasteiger partial charge in [0.2, 0.25) is 0 Å². The largest absolute Gasteiger partial charge is 0.264 e. The smallest absolute Gasteiger partial charge is 0.0349 e. The van der Waals surface area contributed by atoms with Gasteiger partial charge in [-0.25, -0.2) is 0 Å². The van der Waals surface area contributed by atoms with E-state index < -0.39 is 0 Å². The molecule has 0 unspecified atom stereocenters. The number of hydrogen-bond acceptors (Lipinski definition) is 1. The van der Waals surface area contributed by atoms with E-state index in [0.717, 1.165) is 6.42 Å². The summed E-state index contributed by atoms with van der Waals surface area (Å²) in [5.74, 6) is 0. The summed E-state index contributed by atoms with van der Waals surface area (Å²) in [6.45, 7) is 2.18. The molecule has 1 heterocycles. The van der Waals surface area contributed by atoms with Gasteiger partial charge < -0.3 is 0 Å². The quantitative estimate of drug-likeness (QED) is 0.519. The van der Waals surface area contributed by atoms with E-state index in [1.54, 1.807) is 0 Å². The molecule has 1 nitrogen and oxygen atoms in total. The van der Waals surface area contributed by atoms with Crippen LogP contribution in [-0.2, 0) is 6.42 Å². The lowest BCUT2D eigenvalue weighted by Crippen LogP contribution is -1.84. The summed E-state index contributed by atoms with van der Waals surface area (Å²) in [4.78, 5) is 4.18. The lowest BCUT2D eigenvalue weighted by molar-refractivity contribution is 1.20. The van der Waals surface area contributed by atoms with E-state index in [4.69, 9.17) is 0 Å². The maximum atomic E-state index is 4.18. The normalized spacial score (nSPS) is 12.4. The van der Waals surface area contributed by atoms with E-state index in [-0.39, 0.29) is 0 Å². The number of fused-ring (bicyclic) bond motifs is 3. The Balaban J connectivity index is 2.33. The highest BCUT2D eigenvalue weighted by Gasteiger charge is 2.18. The Labute approximate surface area is 83.4 Å². The van der Waals surface area contributed by atoms with E-state index in [1.807, 2.05) is 12.4 Å². The molecular formula is C13H11N. The minimum Gasteiger partial charge on any atom is -0.264 e. The van der Waals surface area contributed by atoms with Crippen LogP contribution in [0, 0.1) is 6.92 Å². The van der Waals surface area contributed by atoms with Gasteiger partial charge in [0.05, 0.1) is 0 Å². The Hall–Kier alpha value is -1.63. The van der Waals surface area contributed by atoms with Gasteiger partial charge in [0.25, 0.3) is 0 Å². The van der Waals surface area contributed by atoms with Crippen molar-refractivity contribution < 1.29 is 0 Å². The van der Waals surface area contributed by atoms with Crippen LogP contribution in [0.5, 0.6) is 0 Å². The van der Waals surface area contributed by atoms with Crippen molar-refractivity contribution >= 4 is 0 Å². The molecular weight excluding hydrogens is 170 g/mol. The molecule has 0 saturated carbocycles. The van der Waals surface area contributed by atoms with Crippen LogP contribution < -0.4 is 0 Å². The molecule has 2 aromatic rings. The molecule has 0 bridgehead atoms. The minimum absolute atomic E-state index is 1.07. The zero-order valence-electron chi connectivity index (χ0n) is 8.12. The number of pyridine rings is 1. The Bertz CT molecular complexity index is 500. The fourth-order valence-corrected chi connectivity index (χ4v) is 2.20. The molecule has 68 valence electrons. The molecule has 0 radical (unpaired) electrons. The van der Waals surface area contributed by atoms with E-state index in [0.29, 0.717) is 0 Å². The van der Waals surface area contributed by atoms with Crippen molar-refractivity contribution in [2.75, 3.05) is 0 Å². The van der Waals surface area contributed by atoms with Gasteiger partial charge >= 0.3 is 0 Å². The highest BCUT2D eigenvalue weighted by Crippen LogP contribution is 2.36. The second kappa shape index (κ2) is 2.68. The molecule has 0 aliphatic heterocycles. The minimum atomic E-state index is 1.07. The average Bonchev–Trinajstić information content (AvgIpc) is 2.59. The molecule has 3 rings (SSSR count). The van der Waals surface area contributed by atoms with Crippen molar-refractivity contribution in [1.82, 2.24) is 4.98 Å². The molecule has 0 N–H and O–H groups in total. The molecule has 1 aliphatic carbocycles. The predicted molar refractivity (Wildman–Crippen MR) is 57.2 cm³/mol. The van der Waals surface area contributed by atoms with Crippen molar-refractivity contribution in [2.24, 2.45) is 0 Å². The average molecular weight is 181 g/mol. The molecule has 0 atom stereocenters. The van der Waals surface area contributed by atoms with Gasteiger partial charge in [-0.15, -0.1) is 0 Å². The van der Waals surface area contributed by atoms with Gasteiger partial charge in [0, 0.05) is 18.0 Å². The number of rotatable bonds is 0. The molecule has 1 aliphatic rings. The first kappa shape index (κ1) is 7.74. The SMILES string of the molecule is Cc1cccc2c1Cc1ccncc1-2. The van der Waals surface area contributed by atoms with Crippen LogP contribution in [0.15, 0.2) is 36.7 Å². The molecule has 0 amide bonds. The van der Waals surface area contributed by atoms with E-state index >= 15 is 0 Å². The molecule has 14 heavy (non-hydrogen) atoms. The maximum absolute atomic E-state index is 4.18. The first-order valence-corrected chi connectivity index (χ1v) is 4.88. The van der Waals surface area contributed by atoms with Crippen LogP contribution in [0.25, 0.3) is 11.1 Å². The Kier molecular flexibility index (Phi) is 1.48. The monoisotopic (exact) mass is 181 g/mol. The fraction of sp³-hybridized carbons (Fsp3) is 0.154.